The number of hydrogen-bond donors (Lipinski definition) is 0. The van der Waals surface area contributed by atoms with Crippen LogP contribution in [0.25, 0.3) is 11.1 Å². The standard InChI is InChI=1S/C15H17NO2/c1-4-11-7-5-6-8-12(11)13-9-10-14(17-2)16-15(13)18-3/h5-10H,4H2,1-3H3. The van der Waals surface area contributed by atoms with E-state index in [1.807, 2.05) is 24.3 Å². The second kappa shape index (κ2) is 5.54. The highest BCUT2D eigenvalue weighted by molar-refractivity contribution is 5.72. The molecule has 2 rings (SSSR count). The van der Waals surface area contributed by atoms with Gasteiger partial charge in [-0.25, -0.2) is 0 Å². The lowest BCUT2D eigenvalue weighted by Crippen LogP contribution is -1.96. The molecule has 0 spiro atoms. The third kappa shape index (κ3) is 2.30. The molecule has 0 radical (unpaired) electrons. The number of methoxy groups -OCH3 is 2. The van der Waals surface area contributed by atoms with E-state index in [-0.39, 0.29) is 0 Å². The summed E-state index contributed by atoms with van der Waals surface area (Å²) < 4.78 is 10.5. The molecule has 0 aliphatic carbocycles. The van der Waals surface area contributed by atoms with Crippen molar-refractivity contribution in [3.8, 4) is 22.9 Å². The third-order valence-electron chi connectivity index (χ3n) is 2.93. The van der Waals surface area contributed by atoms with Crippen LogP contribution < -0.4 is 9.47 Å². The Hall–Kier alpha value is -2.03. The van der Waals surface area contributed by atoms with Gasteiger partial charge < -0.3 is 9.47 Å². The van der Waals surface area contributed by atoms with Crippen LogP contribution in [0.5, 0.6) is 11.8 Å². The third-order valence-corrected chi connectivity index (χ3v) is 2.93. The molecular formula is C15H17NO2. The minimum Gasteiger partial charge on any atom is -0.481 e. The summed E-state index contributed by atoms with van der Waals surface area (Å²) in [6.45, 7) is 2.14. The lowest BCUT2D eigenvalue weighted by molar-refractivity contribution is 0.366. The summed E-state index contributed by atoms with van der Waals surface area (Å²) in [4.78, 5) is 4.32. The Kier molecular flexibility index (Phi) is 3.82. The molecule has 0 saturated heterocycles. The SMILES string of the molecule is CCc1ccccc1-c1ccc(OC)nc1OC. The quantitative estimate of drug-likeness (QED) is 0.825. The zero-order chi connectivity index (χ0) is 13.0. The fraction of sp³-hybridized carbons (Fsp3) is 0.267. The Morgan fingerprint density at radius 1 is 0.944 bits per heavy atom. The zero-order valence-corrected chi connectivity index (χ0v) is 10.9. The van der Waals surface area contributed by atoms with Gasteiger partial charge in [-0.3, -0.25) is 0 Å². The second-order valence-corrected chi connectivity index (χ2v) is 3.92. The number of benzene rings is 1. The largest absolute Gasteiger partial charge is 0.481 e. The highest BCUT2D eigenvalue weighted by atomic mass is 16.5. The molecular weight excluding hydrogens is 226 g/mol. The highest BCUT2D eigenvalue weighted by Crippen LogP contribution is 2.32. The molecule has 0 aliphatic heterocycles. The van der Waals surface area contributed by atoms with Crippen molar-refractivity contribution in [1.29, 1.82) is 0 Å². The Balaban J connectivity index is 2.56. The van der Waals surface area contributed by atoms with E-state index < -0.39 is 0 Å². The van der Waals surface area contributed by atoms with E-state index in [1.165, 1.54) is 5.56 Å². The molecule has 0 N–H and O–H groups in total. The smallest absolute Gasteiger partial charge is 0.224 e. The summed E-state index contributed by atoms with van der Waals surface area (Å²) in [5.74, 6) is 1.15. The molecule has 0 bridgehead atoms. The number of ether oxygens (including phenoxy) is 2. The molecule has 0 unspecified atom stereocenters. The first-order valence-corrected chi connectivity index (χ1v) is 5.97. The van der Waals surface area contributed by atoms with Crippen LogP contribution >= 0.6 is 0 Å². The molecule has 1 aromatic carbocycles. The number of rotatable bonds is 4. The van der Waals surface area contributed by atoms with Gasteiger partial charge in [-0.2, -0.15) is 4.98 Å². The van der Waals surface area contributed by atoms with E-state index in [4.69, 9.17) is 9.47 Å². The molecule has 0 atom stereocenters. The average Bonchev–Trinajstić information content (AvgIpc) is 2.46. The maximum Gasteiger partial charge on any atom is 0.224 e. The van der Waals surface area contributed by atoms with Crippen LogP contribution in [0.2, 0.25) is 0 Å². The molecule has 3 heteroatoms. The van der Waals surface area contributed by atoms with Crippen molar-refractivity contribution in [3.05, 3.63) is 42.0 Å². The number of hydrogen-bond acceptors (Lipinski definition) is 3. The van der Waals surface area contributed by atoms with Crippen LogP contribution in [0.3, 0.4) is 0 Å². The first-order chi connectivity index (χ1) is 8.80. The second-order valence-electron chi connectivity index (χ2n) is 3.92. The van der Waals surface area contributed by atoms with E-state index in [2.05, 4.69) is 24.0 Å². The predicted octanol–water partition coefficient (Wildman–Crippen LogP) is 3.33. The van der Waals surface area contributed by atoms with Gasteiger partial charge in [0, 0.05) is 11.6 Å². The Bertz CT molecular complexity index is 538. The monoisotopic (exact) mass is 243 g/mol. The molecule has 0 amide bonds. The molecule has 1 aromatic heterocycles. The first-order valence-electron chi connectivity index (χ1n) is 5.97. The van der Waals surface area contributed by atoms with Crippen LogP contribution in [-0.4, -0.2) is 19.2 Å². The predicted molar refractivity (Wildman–Crippen MR) is 72.2 cm³/mol. The van der Waals surface area contributed by atoms with Crippen LogP contribution in [0.1, 0.15) is 12.5 Å². The van der Waals surface area contributed by atoms with Crippen molar-refractivity contribution in [2.24, 2.45) is 0 Å². The van der Waals surface area contributed by atoms with Crippen LogP contribution in [0.15, 0.2) is 36.4 Å². The van der Waals surface area contributed by atoms with E-state index in [1.54, 1.807) is 14.2 Å². The Morgan fingerprint density at radius 2 is 1.72 bits per heavy atom. The summed E-state index contributed by atoms with van der Waals surface area (Å²) in [5, 5.41) is 0. The van der Waals surface area contributed by atoms with Gasteiger partial charge in [0.25, 0.3) is 0 Å². The van der Waals surface area contributed by atoms with Crippen molar-refractivity contribution in [2.45, 2.75) is 13.3 Å². The fourth-order valence-corrected chi connectivity index (χ4v) is 1.99. The van der Waals surface area contributed by atoms with Gasteiger partial charge in [-0.05, 0) is 23.6 Å². The summed E-state index contributed by atoms with van der Waals surface area (Å²) in [5.41, 5.74) is 3.44. The maximum absolute atomic E-state index is 5.35. The summed E-state index contributed by atoms with van der Waals surface area (Å²) >= 11 is 0. The minimum atomic E-state index is 0.560. The highest BCUT2D eigenvalue weighted by Gasteiger charge is 2.11. The zero-order valence-electron chi connectivity index (χ0n) is 10.9. The molecule has 0 aliphatic rings. The van der Waals surface area contributed by atoms with Gasteiger partial charge in [0.15, 0.2) is 0 Å². The molecule has 0 fully saturated rings. The Morgan fingerprint density at radius 3 is 2.39 bits per heavy atom. The van der Waals surface area contributed by atoms with Crippen molar-refractivity contribution in [3.63, 3.8) is 0 Å². The minimum absolute atomic E-state index is 0.560. The fourth-order valence-electron chi connectivity index (χ4n) is 1.99. The molecule has 94 valence electrons. The molecule has 0 saturated carbocycles. The van der Waals surface area contributed by atoms with E-state index in [0.29, 0.717) is 11.8 Å². The van der Waals surface area contributed by atoms with Crippen molar-refractivity contribution >= 4 is 0 Å². The van der Waals surface area contributed by atoms with Crippen LogP contribution in [0.4, 0.5) is 0 Å². The summed E-state index contributed by atoms with van der Waals surface area (Å²) in [7, 11) is 3.22. The average molecular weight is 243 g/mol. The van der Waals surface area contributed by atoms with E-state index in [0.717, 1.165) is 17.5 Å². The van der Waals surface area contributed by atoms with Crippen LogP contribution in [0, 0.1) is 0 Å². The number of nitrogens with zero attached hydrogens (tertiary/aromatic N) is 1. The van der Waals surface area contributed by atoms with Gasteiger partial charge in [-0.15, -0.1) is 0 Å². The summed E-state index contributed by atoms with van der Waals surface area (Å²) in [6.07, 6.45) is 0.978. The number of aromatic nitrogens is 1. The van der Waals surface area contributed by atoms with Gasteiger partial charge >= 0.3 is 0 Å². The van der Waals surface area contributed by atoms with Gasteiger partial charge in [0.05, 0.1) is 14.2 Å². The van der Waals surface area contributed by atoms with E-state index in [9.17, 15) is 0 Å². The van der Waals surface area contributed by atoms with Gasteiger partial charge in [0.1, 0.15) is 0 Å². The molecule has 3 nitrogen and oxygen atoms in total. The normalized spacial score (nSPS) is 10.2. The lowest BCUT2D eigenvalue weighted by Gasteiger charge is -2.12. The van der Waals surface area contributed by atoms with Crippen LogP contribution in [-0.2, 0) is 6.42 Å². The van der Waals surface area contributed by atoms with Gasteiger partial charge in [0.2, 0.25) is 11.8 Å². The number of pyridine rings is 1. The topological polar surface area (TPSA) is 31.4 Å². The molecule has 2 aromatic rings. The lowest BCUT2D eigenvalue weighted by atomic mass is 9.99. The van der Waals surface area contributed by atoms with E-state index >= 15 is 0 Å². The maximum atomic E-state index is 5.35. The molecule has 18 heavy (non-hydrogen) atoms. The Labute approximate surface area is 107 Å². The summed E-state index contributed by atoms with van der Waals surface area (Å²) in [6, 6.07) is 12.1. The first kappa shape index (κ1) is 12.4. The van der Waals surface area contributed by atoms with Gasteiger partial charge in [-0.1, -0.05) is 31.2 Å². The van der Waals surface area contributed by atoms with Crippen molar-refractivity contribution < 1.29 is 9.47 Å². The van der Waals surface area contributed by atoms with Crippen molar-refractivity contribution in [2.75, 3.05) is 14.2 Å². The van der Waals surface area contributed by atoms with Crippen molar-refractivity contribution in [1.82, 2.24) is 4.98 Å². The molecule has 1 heterocycles. The number of aryl methyl sites for hydroxylation is 1.